The number of benzene rings is 2. The number of halogens is 3. The van der Waals surface area contributed by atoms with Crippen molar-refractivity contribution in [3.63, 3.8) is 0 Å². The number of amides is 1. The van der Waals surface area contributed by atoms with E-state index in [1.807, 2.05) is 0 Å². The van der Waals surface area contributed by atoms with E-state index in [1.165, 1.54) is 26.3 Å². The van der Waals surface area contributed by atoms with Crippen molar-refractivity contribution in [2.24, 2.45) is 0 Å². The van der Waals surface area contributed by atoms with Crippen molar-refractivity contribution in [3.05, 3.63) is 53.7 Å². The van der Waals surface area contributed by atoms with E-state index >= 15 is 0 Å². The maximum Gasteiger partial charge on any atom is 0.421 e. The molecule has 0 aliphatic carbocycles. The lowest BCUT2D eigenvalue weighted by atomic mass is 10.1. The first-order valence-corrected chi connectivity index (χ1v) is 11.6. The Bertz CT molecular complexity index is 1270. The quantitative estimate of drug-likeness (QED) is 0.421. The fourth-order valence-electron chi connectivity index (χ4n) is 3.67. The molecule has 196 valence electrons. The van der Waals surface area contributed by atoms with Crippen LogP contribution in [0.15, 0.2) is 42.6 Å². The van der Waals surface area contributed by atoms with Crippen molar-refractivity contribution in [1.29, 1.82) is 0 Å². The highest BCUT2D eigenvalue weighted by Crippen LogP contribution is 2.37. The Labute approximate surface area is 211 Å². The molecule has 12 heteroatoms. The second kappa shape index (κ2) is 11.2. The normalized spacial score (nSPS) is 14.0. The van der Waals surface area contributed by atoms with Crippen molar-refractivity contribution < 1.29 is 32.2 Å². The predicted molar refractivity (Wildman–Crippen MR) is 131 cm³/mol. The number of ether oxygens (including phenoxy) is 3. The molecule has 2 heterocycles. The van der Waals surface area contributed by atoms with E-state index in [-0.39, 0.29) is 17.2 Å². The third-order valence-electron chi connectivity index (χ3n) is 5.54. The first-order valence-electron chi connectivity index (χ1n) is 11.6. The SMILES string of the molecule is CNC(=O)c1ccc2cc1Nc1nc(ncc1C(F)(F)F)Nc1ccc(OC)c(c1)OCCCCCO2. The van der Waals surface area contributed by atoms with E-state index in [0.29, 0.717) is 42.3 Å². The van der Waals surface area contributed by atoms with Gasteiger partial charge in [0.25, 0.3) is 5.91 Å². The summed E-state index contributed by atoms with van der Waals surface area (Å²) in [5.74, 6) is 0.274. The van der Waals surface area contributed by atoms with Gasteiger partial charge in [0.1, 0.15) is 17.1 Å². The van der Waals surface area contributed by atoms with Crippen LogP contribution in [-0.4, -0.2) is 43.2 Å². The molecule has 2 aromatic carbocycles. The molecule has 0 fully saturated rings. The largest absolute Gasteiger partial charge is 0.494 e. The zero-order valence-electron chi connectivity index (χ0n) is 20.2. The molecular formula is C25H26F3N5O4. The minimum Gasteiger partial charge on any atom is -0.494 e. The number of carbonyl (C=O) groups is 1. The summed E-state index contributed by atoms with van der Waals surface area (Å²) in [6.07, 6.45) is -1.74. The lowest BCUT2D eigenvalue weighted by Crippen LogP contribution is -2.20. The zero-order chi connectivity index (χ0) is 26.4. The minimum absolute atomic E-state index is 0.0957. The Morgan fingerprint density at radius 1 is 1.05 bits per heavy atom. The summed E-state index contributed by atoms with van der Waals surface area (Å²) in [6.45, 7) is 0.822. The minimum atomic E-state index is -4.75. The molecule has 1 amide bonds. The third kappa shape index (κ3) is 6.32. The highest BCUT2D eigenvalue weighted by atomic mass is 19.4. The number of nitrogens with one attached hydrogen (secondary N) is 3. The topological polar surface area (TPSA) is 107 Å². The second-order valence-electron chi connectivity index (χ2n) is 8.11. The number of fused-ring (bicyclic) bond motifs is 6. The standard InChI is InChI=1S/C25H26F3N5O4/c1-29-23(34)17-8-7-16-13-19(17)32-22-18(25(26,27)28)14-30-24(33-22)31-15-6-9-20(35-2)21(12-15)37-11-5-3-4-10-36-16/h6-9,12-14H,3-5,10-11H2,1-2H3,(H,29,34)(H2,30,31,32,33). The van der Waals surface area contributed by atoms with Gasteiger partial charge in [-0.2, -0.15) is 18.2 Å². The number of aromatic nitrogens is 2. The number of rotatable bonds is 2. The molecule has 1 aromatic heterocycles. The monoisotopic (exact) mass is 517 g/mol. The third-order valence-corrected chi connectivity index (χ3v) is 5.54. The van der Waals surface area contributed by atoms with Crippen LogP contribution in [0.5, 0.6) is 17.2 Å². The first kappa shape index (κ1) is 25.9. The number of carbonyl (C=O) groups excluding carboxylic acids is 1. The molecule has 37 heavy (non-hydrogen) atoms. The van der Waals surface area contributed by atoms with Crippen LogP contribution in [0.4, 0.5) is 36.3 Å². The van der Waals surface area contributed by atoms with E-state index in [0.717, 1.165) is 19.3 Å². The predicted octanol–water partition coefficient (Wildman–Crippen LogP) is 5.29. The van der Waals surface area contributed by atoms with Gasteiger partial charge < -0.3 is 30.2 Å². The van der Waals surface area contributed by atoms with Crippen molar-refractivity contribution in [2.75, 3.05) is 38.0 Å². The number of methoxy groups -OCH3 is 1. The van der Waals surface area contributed by atoms with Gasteiger partial charge in [-0.15, -0.1) is 0 Å². The van der Waals surface area contributed by atoms with E-state index in [4.69, 9.17) is 14.2 Å². The maximum absolute atomic E-state index is 13.8. The lowest BCUT2D eigenvalue weighted by molar-refractivity contribution is -0.137. The number of nitrogens with zero attached hydrogens (tertiary/aromatic N) is 2. The summed E-state index contributed by atoms with van der Waals surface area (Å²) >= 11 is 0. The smallest absolute Gasteiger partial charge is 0.421 e. The molecule has 0 radical (unpaired) electrons. The first-order chi connectivity index (χ1) is 17.8. The van der Waals surface area contributed by atoms with Crippen molar-refractivity contribution in [3.8, 4) is 17.2 Å². The van der Waals surface area contributed by atoms with Crippen LogP contribution in [0, 0.1) is 0 Å². The summed E-state index contributed by atoms with van der Waals surface area (Å²) in [4.78, 5) is 20.4. The van der Waals surface area contributed by atoms with E-state index in [2.05, 4.69) is 25.9 Å². The molecule has 4 rings (SSSR count). The van der Waals surface area contributed by atoms with Gasteiger partial charge in [-0.05, 0) is 43.5 Å². The summed E-state index contributed by atoms with van der Waals surface area (Å²) in [5, 5.41) is 8.07. The molecular weight excluding hydrogens is 491 g/mol. The van der Waals surface area contributed by atoms with Crippen LogP contribution >= 0.6 is 0 Å². The Balaban J connectivity index is 1.79. The fourth-order valence-corrected chi connectivity index (χ4v) is 3.67. The molecule has 1 aliphatic heterocycles. The lowest BCUT2D eigenvalue weighted by Gasteiger charge is -2.18. The second-order valence-corrected chi connectivity index (χ2v) is 8.11. The molecule has 9 nitrogen and oxygen atoms in total. The number of hydrogen-bond donors (Lipinski definition) is 3. The highest BCUT2D eigenvalue weighted by Gasteiger charge is 2.35. The Morgan fingerprint density at radius 3 is 2.57 bits per heavy atom. The van der Waals surface area contributed by atoms with Crippen LogP contribution in [-0.2, 0) is 6.18 Å². The fraction of sp³-hybridized carbons (Fsp3) is 0.320. The molecule has 6 bridgehead atoms. The molecule has 0 saturated heterocycles. The van der Waals surface area contributed by atoms with Gasteiger partial charge in [-0.25, -0.2) is 4.98 Å². The molecule has 3 N–H and O–H groups in total. The summed E-state index contributed by atoms with van der Waals surface area (Å²) in [7, 11) is 2.95. The average molecular weight is 518 g/mol. The van der Waals surface area contributed by atoms with Crippen molar-refractivity contribution >= 4 is 29.0 Å². The van der Waals surface area contributed by atoms with Gasteiger partial charge >= 0.3 is 6.18 Å². The van der Waals surface area contributed by atoms with Gasteiger partial charge in [0.05, 0.1) is 31.6 Å². The molecule has 0 spiro atoms. The highest BCUT2D eigenvalue weighted by molar-refractivity contribution is 6.00. The van der Waals surface area contributed by atoms with Gasteiger partial charge in [0.2, 0.25) is 5.95 Å². The molecule has 0 saturated carbocycles. The number of alkyl halides is 3. The van der Waals surface area contributed by atoms with Crippen molar-refractivity contribution in [2.45, 2.75) is 25.4 Å². The molecule has 3 aromatic rings. The summed E-state index contributed by atoms with van der Waals surface area (Å²) in [6, 6.07) is 9.55. The molecule has 0 atom stereocenters. The maximum atomic E-state index is 13.8. The van der Waals surface area contributed by atoms with Gasteiger partial charge in [0, 0.05) is 31.1 Å². The number of hydrogen-bond acceptors (Lipinski definition) is 8. The van der Waals surface area contributed by atoms with E-state index in [1.54, 1.807) is 24.3 Å². The van der Waals surface area contributed by atoms with Gasteiger partial charge in [-0.3, -0.25) is 4.79 Å². The molecule has 1 aliphatic rings. The van der Waals surface area contributed by atoms with Gasteiger partial charge in [0.15, 0.2) is 11.5 Å². The van der Waals surface area contributed by atoms with Crippen LogP contribution in [0.2, 0.25) is 0 Å². The summed E-state index contributed by atoms with van der Waals surface area (Å²) in [5.41, 5.74) is -0.375. The zero-order valence-corrected chi connectivity index (χ0v) is 20.2. The number of anilines is 4. The van der Waals surface area contributed by atoms with E-state index < -0.39 is 23.5 Å². The van der Waals surface area contributed by atoms with Crippen LogP contribution in [0.1, 0.15) is 35.2 Å². The van der Waals surface area contributed by atoms with Crippen LogP contribution < -0.4 is 30.2 Å². The van der Waals surface area contributed by atoms with Gasteiger partial charge in [-0.1, -0.05) is 0 Å². The average Bonchev–Trinajstić information content (AvgIpc) is 2.87. The van der Waals surface area contributed by atoms with Crippen LogP contribution in [0.3, 0.4) is 0 Å². The summed E-state index contributed by atoms with van der Waals surface area (Å²) < 4.78 is 58.5. The van der Waals surface area contributed by atoms with Crippen LogP contribution in [0.25, 0.3) is 0 Å². The molecule has 0 unspecified atom stereocenters. The Hall–Kier alpha value is -4.22. The Kier molecular flexibility index (Phi) is 7.85. The van der Waals surface area contributed by atoms with Crippen molar-refractivity contribution in [1.82, 2.24) is 15.3 Å². The Morgan fingerprint density at radius 2 is 1.84 bits per heavy atom. The van der Waals surface area contributed by atoms with E-state index in [9.17, 15) is 18.0 Å².